The first kappa shape index (κ1) is 17.4. The van der Waals surface area contributed by atoms with Gasteiger partial charge in [0, 0.05) is 13.2 Å². The Hall–Kier alpha value is -1.64. The summed E-state index contributed by atoms with van der Waals surface area (Å²) >= 11 is 0. The second kappa shape index (κ2) is 7.39. The number of carbonyl (C=O) groups excluding carboxylic acids is 1. The molecule has 118 valence electrons. The van der Waals surface area contributed by atoms with E-state index in [1.807, 2.05) is 6.92 Å². The fourth-order valence-electron chi connectivity index (χ4n) is 1.79. The van der Waals surface area contributed by atoms with E-state index in [0.717, 1.165) is 0 Å². The highest BCUT2D eigenvalue weighted by atomic mass is 32.2. The van der Waals surface area contributed by atoms with E-state index >= 15 is 0 Å². The molecule has 0 aliphatic carbocycles. The van der Waals surface area contributed by atoms with Crippen LogP contribution in [0.25, 0.3) is 0 Å². The molecule has 0 spiro atoms. The van der Waals surface area contributed by atoms with Crippen LogP contribution in [0.4, 0.5) is 0 Å². The third-order valence-electron chi connectivity index (χ3n) is 2.65. The van der Waals surface area contributed by atoms with Crippen LogP contribution in [-0.4, -0.2) is 40.7 Å². The van der Waals surface area contributed by atoms with Crippen molar-refractivity contribution < 1.29 is 22.7 Å². The number of primary sulfonamides is 1. The molecule has 0 fully saturated rings. The molecule has 0 saturated heterocycles. The Morgan fingerprint density at radius 3 is 2.62 bits per heavy atom. The van der Waals surface area contributed by atoms with Crippen LogP contribution >= 0.6 is 0 Å². The number of ether oxygens (including phenoxy) is 2. The second-order valence-electron chi connectivity index (χ2n) is 4.68. The van der Waals surface area contributed by atoms with Gasteiger partial charge in [-0.25, -0.2) is 13.6 Å². The van der Waals surface area contributed by atoms with E-state index in [4.69, 9.17) is 14.6 Å². The number of aryl methyl sites for hydroxylation is 1. The molecule has 8 heteroatoms. The number of nitrogens with two attached hydrogens (primary N) is 1. The number of nitrogens with one attached hydrogen (secondary N) is 1. The van der Waals surface area contributed by atoms with Crippen molar-refractivity contribution in [2.75, 3.05) is 20.3 Å². The normalized spacial score (nSPS) is 12.8. The average molecular weight is 316 g/mol. The minimum atomic E-state index is -3.75. The van der Waals surface area contributed by atoms with Gasteiger partial charge in [0.2, 0.25) is 10.0 Å². The quantitative estimate of drug-likeness (QED) is 0.745. The highest BCUT2D eigenvalue weighted by Gasteiger charge is 2.13. The number of benzene rings is 1. The summed E-state index contributed by atoms with van der Waals surface area (Å²) in [7, 11) is -2.20. The number of rotatable bonds is 7. The van der Waals surface area contributed by atoms with Crippen molar-refractivity contribution in [1.29, 1.82) is 0 Å². The van der Waals surface area contributed by atoms with E-state index in [1.165, 1.54) is 18.2 Å². The SMILES string of the molecule is COCC(C)NC(=O)COc1ccc(S(N)(=O)=O)c(C)c1. The van der Waals surface area contributed by atoms with Crippen molar-refractivity contribution in [2.24, 2.45) is 5.14 Å². The first-order chi connectivity index (χ1) is 9.74. The molecule has 0 aliphatic rings. The predicted molar refractivity (Wildman–Crippen MR) is 77.5 cm³/mol. The van der Waals surface area contributed by atoms with Crippen LogP contribution in [-0.2, 0) is 19.6 Å². The monoisotopic (exact) mass is 316 g/mol. The Morgan fingerprint density at radius 1 is 1.43 bits per heavy atom. The molecule has 7 nitrogen and oxygen atoms in total. The molecule has 0 radical (unpaired) electrons. The summed E-state index contributed by atoms with van der Waals surface area (Å²) in [5.74, 6) is 0.113. The van der Waals surface area contributed by atoms with Gasteiger partial charge in [0.05, 0.1) is 11.5 Å². The van der Waals surface area contributed by atoms with Gasteiger partial charge in [0.25, 0.3) is 5.91 Å². The topological polar surface area (TPSA) is 108 Å². The lowest BCUT2D eigenvalue weighted by molar-refractivity contribution is -0.124. The minimum absolute atomic E-state index is 0.0352. The zero-order valence-corrected chi connectivity index (χ0v) is 13.1. The third kappa shape index (κ3) is 5.70. The molecule has 3 N–H and O–H groups in total. The zero-order chi connectivity index (χ0) is 16.0. The molecule has 0 bridgehead atoms. The van der Waals surface area contributed by atoms with E-state index in [2.05, 4.69) is 5.32 Å². The first-order valence-corrected chi connectivity index (χ1v) is 7.83. The van der Waals surface area contributed by atoms with Gasteiger partial charge in [-0.2, -0.15) is 0 Å². The van der Waals surface area contributed by atoms with E-state index in [-0.39, 0.29) is 23.5 Å². The van der Waals surface area contributed by atoms with Crippen molar-refractivity contribution >= 4 is 15.9 Å². The summed E-state index contributed by atoms with van der Waals surface area (Å²) in [6.07, 6.45) is 0. The predicted octanol–water partition coefficient (Wildman–Crippen LogP) is 0.172. The van der Waals surface area contributed by atoms with Gasteiger partial charge in [0.1, 0.15) is 5.75 Å². The van der Waals surface area contributed by atoms with Gasteiger partial charge >= 0.3 is 0 Å². The van der Waals surface area contributed by atoms with E-state index in [9.17, 15) is 13.2 Å². The fourth-order valence-corrected chi connectivity index (χ4v) is 2.55. The lowest BCUT2D eigenvalue weighted by Crippen LogP contribution is -2.38. The summed E-state index contributed by atoms with van der Waals surface area (Å²) in [4.78, 5) is 11.6. The molecule has 0 aliphatic heterocycles. The largest absolute Gasteiger partial charge is 0.484 e. The van der Waals surface area contributed by atoms with Crippen molar-refractivity contribution in [2.45, 2.75) is 24.8 Å². The van der Waals surface area contributed by atoms with Crippen molar-refractivity contribution in [3.05, 3.63) is 23.8 Å². The minimum Gasteiger partial charge on any atom is -0.484 e. The van der Waals surface area contributed by atoms with Gasteiger partial charge in [-0.05, 0) is 37.6 Å². The lowest BCUT2D eigenvalue weighted by atomic mass is 10.2. The molecule has 0 saturated carbocycles. The van der Waals surface area contributed by atoms with Gasteiger partial charge < -0.3 is 14.8 Å². The molecule has 1 amide bonds. The van der Waals surface area contributed by atoms with Crippen LogP contribution in [0.3, 0.4) is 0 Å². The summed E-state index contributed by atoms with van der Waals surface area (Å²) in [6, 6.07) is 4.22. The molecule has 1 rings (SSSR count). The molecule has 0 aromatic heterocycles. The maximum atomic E-state index is 11.6. The molecule has 1 aromatic carbocycles. The van der Waals surface area contributed by atoms with Gasteiger partial charge in [-0.1, -0.05) is 0 Å². The van der Waals surface area contributed by atoms with Gasteiger partial charge in [-0.3, -0.25) is 4.79 Å². The van der Waals surface area contributed by atoms with Crippen LogP contribution < -0.4 is 15.2 Å². The number of hydrogen-bond donors (Lipinski definition) is 2. The van der Waals surface area contributed by atoms with Crippen LogP contribution in [0.15, 0.2) is 23.1 Å². The molecule has 0 heterocycles. The van der Waals surface area contributed by atoms with Crippen LogP contribution in [0.5, 0.6) is 5.75 Å². The Bertz CT molecular complexity index is 601. The zero-order valence-electron chi connectivity index (χ0n) is 12.3. The van der Waals surface area contributed by atoms with Gasteiger partial charge in [0.15, 0.2) is 6.61 Å². The van der Waals surface area contributed by atoms with Gasteiger partial charge in [-0.15, -0.1) is 0 Å². The highest BCUT2D eigenvalue weighted by molar-refractivity contribution is 7.89. The Kier molecular flexibility index (Phi) is 6.13. The number of amides is 1. The van der Waals surface area contributed by atoms with E-state index in [1.54, 1.807) is 14.0 Å². The van der Waals surface area contributed by atoms with Crippen LogP contribution in [0.1, 0.15) is 12.5 Å². The Morgan fingerprint density at radius 2 is 2.10 bits per heavy atom. The van der Waals surface area contributed by atoms with Crippen molar-refractivity contribution in [3.63, 3.8) is 0 Å². The summed E-state index contributed by atoms with van der Waals surface area (Å²) in [5, 5.41) is 7.77. The van der Waals surface area contributed by atoms with Crippen molar-refractivity contribution in [1.82, 2.24) is 5.32 Å². The first-order valence-electron chi connectivity index (χ1n) is 6.28. The standard InChI is InChI=1S/C13H20N2O5S/c1-9-6-11(4-5-12(9)21(14,17)18)20-8-13(16)15-10(2)7-19-3/h4-6,10H,7-8H2,1-3H3,(H,15,16)(H2,14,17,18). The number of sulfonamides is 1. The molecule has 1 unspecified atom stereocenters. The Labute approximate surface area is 124 Å². The molecule has 1 aromatic rings. The van der Waals surface area contributed by atoms with E-state index in [0.29, 0.717) is 17.9 Å². The maximum Gasteiger partial charge on any atom is 0.258 e. The van der Waals surface area contributed by atoms with Crippen molar-refractivity contribution in [3.8, 4) is 5.75 Å². The average Bonchev–Trinajstić information content (AvgIpc) is 2.35. The number of carbonyl (C=O) groups is 1. The summed E-state index contributed by atoms with van der Waals surface area (Å²) in [5.41, 5.74) is 0.461. The highest BCUT2D eigenvalue weighted by Crippen LogP contribution is 2.20. The number of hydrogen-bond acceptors (Lipinski definition) is 5. The molecule has 21 heavy (non-hydrogen) atoms. The van der Waals surface area contributed by atoms with E-state index < -0.39 is 10.0 Å². The molecular weight excluding hydrogens is 296 g/mol. The Balaban J connectivity index is 2.61. The summed E-state index contributed by atoms with van der Waals surface area (Å²) < 4.78 is 32.8. The number of methoxy groups -OCH3 is 1. The second-order valence-corrected chi connectivity index (χ2v) is 6.21. The molecule has 1 atom stereocenters. The fraction of sp³-hybridized carbons (Fsp3) is 0.462. The van der Waals surface area contributed by atoms with Crippen LogP contribution in [0, 0.1) is 6.92 Å². The third-order valence-corrected chi connectivity index (χ3v) is 3.72. The molecular formula is C13H20N2O5S. The smallest absolute Gasteiger partial charge is 0.258 e. The van der Waals surface area contributed by atoms with Crippen LogP contribution in [0.2, 0.25) is 0 Å². The lowest BCUT2D eigenvalue weighted by Gasteiger charge is -2.13. The maximum absolute atomic E-state index is 11.6. The summed E-state index contributed by atoms with van der Waals surface area (Å²) in [6.45, 7) is 3.66.